The first-order valence-electron chi connectivity index (χ1n) is 9.15. The molecule has 0 spiro atoms. The van der Waals surface area contributed by atoms with Crippen LogP contribution in [0.3, 0.4) is 0 Å². The molecule has 2 aromatic carbocycles. The van der Waals surface area contributed by atoms with E-state index in [1.54, 1.807) is 18.2 Å². The lowest BCUT2D eigenvalue weighted by atomic mass is 9.74. The highest BCUT2D eigenvalue weighted by Gasteiger charge is 2.42. The first-order valence-corrected chi connectivity index (χ1v) is 9.15. The molecule has 2 aromatic rings. The molecule has 0 aliphatic carbocycles. The SMILES string of the molecule is O=C(C=Cc1ccc(F)cc1)ON1CCC(Cc2ccccc2)(C(=O)O)CC1. The second-order valence-corrected chi connectivity index (χ2v) is 6.97. The Bertz CT molecular complexity index is 841. The Morgan fingerprint density at radius 3 is 2.32 bits per heavy atom. The molecule has 0 unspecified atom stereocenters. The molecule has 3 rings (SSSR count). The van der Waals surface area contributed by atoms with Crippen LogP contribution >= 0.6 is 0 Å². The molecule has 146 valence electrons. The summed E-state index contributed by atoms with van der Waals surface area (Å²) >= 11 is 0. The zero-order valence-corrected chi connectivity index (χ0v) is 15.4. The molecule has 1 aliphatic heterocycles. The van der Waals surface area contributed by atoms with Crippen molar-refractivity contribution in [3.05, 3.63) is 77.6 Å². The molecule has 1 fully saturated rings. The fourth-order valence-electron chi connectivity index (χ4n) is 3.35. The normalized spacial score (nSPS) is 16.8. The predicted molar refractivity (Wildman–Crippen MR) is 103 cm³/mol. The van der Waals surface area contributed by atoms with Crippen molar-refractivity contribution in [1.29, 1.82) is 0 Å². The van der Waals surface area contributed by atoms with Crippen LogP contribution in [0.15, 0.2) is 60.7 Å². The summed E-state index contributed by atoms with van der Waals surface area (Å²) in [6.07, 6.45) is 4.06. The van der Waals surface area contributed by atoms with Crippen LogP contribution in [-0.4, -0.2) is 35.2 Å². The number of carbonyl (C=O) groups is 2. The molecule has 0 saturated carbocycles. The van der Waals surface area contributed by atoms with E-state index in [2.05, 4.69) is 0 Å². The van der Waals surface area contributed by atoms with E-state index >= 15 is 0 Å². The second kappa shape index (κ2) is 8.80. The number of hydrogen-bond acceptors (Lipinski definition) is 4. The molecule has 0 radical (unpaired) electrons. The van der Waals surface area contributed by atoms with Crippen LogP contribution in [0, 0.1) is 11.2 Å². The highest BCUT2D eigenvalue weighted by molar-refractivity contribution is 5.86. The smallest absolute Gasteiger partial charge is 0.349 e. The lowest BCUT2D eigenvalue weighted by Crippen LogP contribution is -2.46. The molecule has 0 bridgehead atoms. The van der Waals surface area contributed by atoms with Gasteiger partial charge in [0, 0.05) is 19.2 Å². The minimum absolute atomic E-state index is 0.342. The zero-order valence-electron chi connectivity index (χ0n) is 15.4. The van der Waals surface area contributed by atoms with Gasteiger partial charge in [-0.2, -0.15) is 0 Å². The van der Waals surface area contributed by atoms with Crippen LogP contribution in [0.25, 0.3) is 6.08 Å². The maximum Gasteiger partial charge on any atom is 0.349 e. The number of hydrogen-bond donors (Lipinski definition) is 1. The molecular formula is C22H22FNO4. The van der Waals surface area contributed by atoms with E-state index in [4.69, 9.17) is 4.84 Å². The average molecular weight is 383 g/mol. The van der Waals surface area contributed by atoms with Gasteiger partial charge in [-0.1, -0.05) is 42.5 Å². The quantitative estimate of drug-likeness (QED) is 0.771. The topological polar surface area (TPSA) is 66.8 Å². The Kier molecular flexibility index (Phi) is 6.21. The van der Waals surface area contributed by atoms with E-state index < -0.39 is 17.4 Å². The number of benzene rings is 2. The largest absolute Gasteiger partial charge is 0.481 e. The Hall–Kier alpha value is -2.99. The highest BCUT2D eigenvalue weighted by Crippen LogP contribution is 2.35. The van der Waals surface area contributed by atoms with Crippen molar-refractivity contribution in [2.75, 3.05) is 13.1 Å². The third-order valence-corrected chi connectivity index (χ3v) is 5.02. The zero-order chi connectivity index (χ0) is 20.0. The number of piperidine rings is 1. The minimum atomic E-state index is -0.853. The van der Waals surface area contributed by atoms with Crippen molar-refractivity contribution in [2.45, 2.75) is 19.3 Å². The van der Waals surface area contributed by atoms with Crippen LogP contribution in [0.4, 0.5) is 4.39 Å². The molecule has 0 amide bonds. The number of carboxylic acid groups (broad SMARTS) is 1. The summed E-state index contributed by atoms with van der Waals surface area (Å²) in [5.74, 6) is -1.71. The van der Waals surface area contributed by atoms with E-state index in [9.17, 15) is 19.1 Å². The molecule has 1 heterocycles. The fraction of sp³-hybridized carbons (Fsp3) is 0.273. The highest BCUT2D eigenvalue weighted by atomic mass is 19.1. The third-order valence-electron chi connectivity index (χ3n) is 5.02. The molecule has 1 aliphatic rings. The van der Waals surface area contributed by atoms with Gasteiger partial charge >= 0.3 is 11.9 Å². The first-order chi connectivity index (χ1) is 13.5. The fourth-order valence-corrected chi connectivity index (χ4v) is 3.35. The van der Waals surface area contributed by atoms with Gasteiger partial charge in [0.1, 0.15) is 5.82 Å². The summed E-state index contributed by atoms with van der Waals surface area (Å²) in [6, 6.07) is 15.3. The van der Waals surface area contributed by atoms with Crippen LogP contribution in [0.5, 0.6) is 0 Å². The number of aliphatic carboxylic acids is 1. The number of hydroxylamine groups is 2. The van der Waals surface area contributed by atoms with E-state index in [0.717, 1.165) is 5.56 Å². The Morgan fingerprint density at radius 2 is 1.71 bits per heavy atom. The Morgan fingerprint density at radius 1 is 1.07 bits per heavy atom. The number of carbonyl (C=O) groups excluding carboxylic acids is 1. The molecule has 1 saturated heterocycles. The van der Waals surface area contributed by atoms with Gasteiger partial charge in [-0.05, 0) is 48.6 Å². The van der Waals surface area contributed by atoms with Gasteiger partial charge in [-0.15, -0.1) is 5.06 Å². The number of carboxylic acids is 1. The van der Waals surface area contributed by atoms with Gasteiger partial charge in [0.2, 0.25) is 0 Å². The van der Waals surface area contributed by atoms with E-state index in [0.29, 0.717) is 37.9 Å². The monoisotopic (exact) mass is 383 g/mol. The lowest BCUT2D eigenvalue weighted by Gasteiger charge is -2.37. The molecule has 5 nitrogen and oxygen atoms in total. The number of halogens is 1. The summed E-state index contributed by atoms with van der Waals surface area (Å²) in [5.41, 5.74) is 0.816. The van der Waals surface area contributed by atoms with Gasteiger partial charge in [-0.3, -0.25) is 4.79 Å². The lowest BCUT2D eigenvalue weighted by molar-refractivity contribution is -0.196. The summed E-state index contributed by atoms with van der Waals surface area (Å²) in [6.45, 7) is 0.713. The van der Waals surface area contributed by atoms with Crippen molar-refractivity contribution in [1.82, 2.24) is 5.06 Å². The summed E-state index contributed by atoms with van der Waals surface area (Å²) < 4.78 is 12.9. The van der Waals surface area contributed by atoms with E-state index in [1.807, 2.05) is 30.3 Å². The van der Waals surface area contributed by atoms with Crippen molar-refractivity contribution in [3.8, 4) is 0 Å². The van der Waals surface area contributed by atoms with E-state index in [-0.39, 0.29) is 5.82 Å². The van der Waals surface area contributed by atoms with Crippen LogP contribution in [-0.2, 0) is 20.8 Å². The standard InChI is InChI=1S/C22H22FNO4/c23-19-9-6-17(7-10-19)8-11-20(25)28-24-14-12-22(13-15-24,21(26)27)16-18-4-2-1-3-5-18/h1-11H,12-16H2,(H,26,27). The van der Waals surface area contributed by atoms with Crippen molar-refractivity contribution in [2.24, 2.45) is 5.41 Å². The summed E-state index contributed by atoms with van der Waals surface area (Å²) in [5, 5.41) is 11.3. The average Bonchev–Trinajstić information content (AvgIpc) is 2.70. The van der Waals surface area contributed by atoms with Gasteiger partial charge in [0.05, 0.1) is 5.41 Å². The third kappa shape index (κ3) is 5.04. The second-order valence-electron chi connectivity index (χ2n) is 6.97. The van der Waals surface area contributed by atoms with Crippen molar-refractivity contribution < 1.29 is 23.9 Å². The molecule has 28 heavy (non-hydrogen) atoms. The minimum Gasteiger partial charge on any atom is -0.481 e. The van der Waals surface area contributed by atoms with Crippen molar-refractivity contribution >= 4 is 18.0 Å². The predicted octanol–water partition coefficient (Wildman–Crippen LogP) is 3.71. The molecule has 0 aromatic heterocycles. The van der Waals surface area contributed by atoms with Gasteiger partial charge < -0.3 is 9.94 Å². The number of nitrogens with zero attached hydrogens (tertiary/aromatic N) is 1. The van der Waals surface area contributed by atoms with E-state index in [1.165, 1.54) is 23.3 Å². The molecule has 1 N–H and O–H groups in total. The first kappa shape index (κ1) is 19.8. The molecular weight excluding hydrogens is 361 g/mol. The molecule has 6 heteroatoms. The maximum atomic E-state index is 12.9. The maximum absolute atomic E-state index is 12.9. The van der Waals surface area contributed by atoms with Crippen LogP contribution in [0.2, 0.25) is 0 Å². The van der Waals surface area contributed by atoms with Gasteiger partial charge in [0.15, 0.2) is 0 Å². The van der Waals surface area contributed by atoms with Crippen LogP contribution in [0.1, 0.15) is 24.0 Å². The van der Waals surface area contributed by atoms with Crippen molar-refractivity contribution in [3.63, 3.8) is 0 Å². The Labute approximate surface area is 163 Å². The molecule has 0 atom stereocenters. The summed E-state index contributed by atoms with van der Waals surface area (Å²) in [7, 11) is 0. The number of rotatable bonds is 6. The van der Waals surface area contributed by atoms with Crippen LogP contribution < -0.4 is 0 Å². The Balaban J connectivity index is 1.55. The summed E-state index contributed by atoms with van der Waals surface area (Å²) in [4.78, 5) is 29.2. The van der Waals surface area contributed by atoms with Gasteiger partial charge in [0.25, 0.3) is 0 Å². The van der Waals surface area contributed by atoms with Gasteiger partial charge in [-0.25, -0.2) is 9.18 Å².